The second-order valence-corrected chi connectivity index (χ2v) is 31.6. The van der Waals surface area contributed by atoms with Crippen LogP contribution in [0.4, 0.5) is 0 Å². The van der Waals surface area contributed by atoms with Gasteiger partial charge >= 0.3 is 39.5 Å². The first kappa shape index (κ1) is 97.5. The first-order chi connectivity index (χ1) is 48.6. The summed E-state index contributed by atoms with van der Waals surface area (Å²) >= 11 is 0. The van der Waals surface area contributed by atoms with Crippen molar-refractivity contribution in [2.45, 2.75) is 425 Å². The quantitative estimate of drug-likeness (QED) is 0.0169. The number of rotatable bonds is 79. The standard InChI is InChI=1S/C81H154O17P2/c1-6-10-13-16-19-22-25-27-32-36-41-45-50-55-60-65-79(84)92-71-77(98-81(86)67-62-57-52-47-42-37-34-31-29-28-30-33-35-39-43-48-53-58-63-74(5)9-4)73-96-100(89,90)94-69-75(82)68-93-99(87,88)95-72-76(70-91-78(83)64-59-54-49-44-38-24-21-18-15-12-8-3)97-80(85)66-61-56-51-46-40-26-23-20-17-14-11-7-2/h22,25,27,32,74-77,82H,6-21,23-24,26,28-31,33-73H2,1-5H3,(H,87,88)(H,89,90)/b25-22-,32-27-/t74?,75-,76+,77+/m0/s1. The van der Waals surface area contributed by atoms with Crippen molar-refractivity contribution in [1.29, 1.82) is 0 Å². The minimum absolute atomic E-state index is 0.102. The summed E-state index contributed by atoms with van der Waals surface area (Å²) in [5, 5.41) is 10.6. The van der Waals surface area contributed by atoms with Crippen molar-refractivity contribution < 1.29 is 80.2 Å². The molecule has 6 atom stereocenters. The van der Waals surface area contributed by atoms with E-state index < -0.39 is 97.5 Å². The zero-order valence-corrected chi connectivity index (χ0v) is 66.6. The van der Waals surface area contributed by atoms with Crippen LogP contribution in [0, 0.1) is 5.92 Å². The van der Waals surface area contributed by atoms with E-state index in [0.717, 1.165) is 115 Å². The summed E-state index contributed by atoms with van der Waals surface area (Å²) in [6, 6.07) is 0. The molecule has 0 aliphatic heterocycles. The molecule has 0 amide bonds. The van der Waals surface area contributed by atoms with Crippen molar-refractivity contribution in [1.82, 2.24) is 0 Å². The number of aliphatic hydroxyl groups is 1. The number of carbonyl (C=O) groups excluding carboxylic acids is 4. The molecule has 0 rings (SSSR count). The maximum atomic E-state index is 13.1. The SMILES string of the molecule is CCCCCC/C=C\C=C/CCCCCCCC(=O)OC[C@H](COP(=O)(O)OC[C@@H](O)COP(=O)(O)OC[C@@H](COC(=O)CCCCCCCCCCCCC)OC(=O)CCCCCCCCCCCCCC)OC(=O)CCCCCCCCCCCCCCCCCCCCC(C)CC. The van der Waals surface area contributed by atoms with Crippen molar-refractivity contribution >= 4 is 39.5 Å². The highest BCUT2D eigenvalue weighted by Crippen LogP contribution is 2.45. The molecule has 0 saturated carbocycles. The minimum atomic E-state index is -4.97. The van der Waals surface area contributed by atoms with E-state index in [2.05, 4.69) is 58.9 Å². The molecule has 0 aromatic heterocycles. The number of allylic oxidation sites excluding steroid dienone is 4. The molecule has 590 valence electrons. The zero-order chi connectivity index (χ0) is 73.4. The van der Waals surface area contributed by atoms with E-state index in [1.807, 2.05) is 0 Å². The van der Waals surface area contributed by atoms with Gasteiger partial charge in [0.1, 0.15) is 19.3 Å². The summed E-state index contributed by atoms with van der Waals surface area (Å²) in [5.74, 6) is -1.27. The number of hydrogen-bond donors (Lipinski definition) is 3. The van der Waals surface area contributed by atoms with Crippen LogP contribution in [0.3, 0.4) is 0 Å². The average Bonchev–Trinajstić information content (AvgIpc) is 1.30. The third-order valence-electron chi connectivity index (χ3n) is 18.8. The molecule has 0 saturated heterocycles. The maximum Gasteiger partial charge on any atom is 0.472 e. The molecule has 17 nitrogen and oxygen atoms in total. The Balaban J connectivity index is 5.24. The van der Waals surface area contributed by atoms with Gasteiger partial charge in [0, 0.05) is 25.7 Å². The molecule has 0 aromatic carbocycles. The average molecular weight is 1460 g/mol. The number of aliphatic hydroxyl groups excluding tert-OH is 1. The first-order valence-corrected chi connectivity index (χ1v) is 44.5. The number of unbranched alkanes of at least 4 members (excludes halogenated alkanes) is 47. The fourth-order valence-corrected chi connectivity index (χ4v) is 13.6. The van der Waals surface area contributed by atoms with E-state index in [4.69, 9.17) is 37.0 Å². The third kappa shape index (κ3) is 72.5. The van der Waals surface area contributed by atoms with Gasteiger partial charge < -0.3 is 33.8 Å². The Morgan fingerprint density at radius 1 is 0.320 bits per heavy atom. The molecule has 0 aliphatic rings. The van der Waals surface area contributed by atoms with Gasteiger partial charge in [0.15, 0.2) is 12.2 Å². The topological polar surface area (TPSA) is 237 Å². The smallest absolute Gasteiger partial charge is 0.462 e. The van der Waals surface area contributed by atoms with Crippen LogP contribution >= 0.6 is 15.6 Å². The van der Waals surface area contributed by atoms with Crippen molar-refractivity contribution in [3.63, 3.8) is 0 Å². The first-order valence-electron chi connectivity index (χ1n) is 41.5. The van der Waals surface area contributed by atoms with E-state index >= 15 is 0 Å². The van der Waals surface area contributed by atoms with Gasteiger partial charge in [-0.2, -0.15) is 0 Å². The van der Waals surface area contributed by atoms with Crippen molar-refractivity contribution in [3.05, 3.63) is 24.3 Å². The number of hydrogen-bond acceptors (Lipinski definition) is 15. The van der Waals surface area contributed by atoms with Crippen LogP contribution in [0.15, 0.2) is 24.3 Å². The van der Waals surface area contributed by atoms with E-state index in [1.54, 1.807) is 0 Å². The minimum Gasteiger partial charge on any atom is -0.462 e. The molecular weight excluding hydrogens is 1310 g/mol. The molecule has 0 heterocycles. The maximum absolute atomic E-state index is 13.1. The Labute approximate surface area is 612 Å². The number of ether oxygens (including phenoxy) is 4. The summed E-state index contributed by atoms with van der Waals surface area (Å²) < 4.78 is 68.6. The van der Waals surface area contributed by atoms with Gasteiger partial charge in [-0.15, -0.1) is 0 Å². The highest BCUT2D eigenvalue weighted by Gasteiger charge is 2.30. The van der Waals surface area contributed by atoms with Gasteiger partial charge in [-0.3, -0.25) is 37.3 Å². The fraction of sp³-hybridized carbons (Fsp3) is 0.901. The lowest BCUT2D eigenvalue weighted by molar-refractivity contribution is -0.161. The van der Waals surface area contributed by atoms with Gasteiger partial charge in [-0.1, -0.05) is 354 Å². The predicted molar refractivity (Wildman–Crippen MR) is 409 cm³/mol. The number of esters is 4. The largest absolute Gasteiger partial charge is 0.472 e. The van der Waals surface area contributed by atoms with Gasteiger partial charge in [0.25, 0.3) is 0 Å². The van der Waals surface area contributed by atoms with Crippen molar-refractivity contribution in [2.75, 3.05) is 39.6 Å². The van der Waals surface area contributed by atoms with E-state index in [1.165, 1.54) is 212 Å². The molecule has 0 aromatic rings. The molecular formula is C81H154O17P2. The molecule has 0 radical (unpaired) electrons. The van der Waals surface area contributed by atoms with Crippen molar-refractivity contribution in [2.24, 2.45) is 5.92 Å². The van der Waals surface area contributed by atoms with Crippen LogP contribution in [0.2, 0.25) is 0 Å². The summed E-state index contributed by atoms with van der Waals surface area (Å²) in [6.45, 7) is 7.32. The molecule has 0 spiro atoms. The highest BCUT2D eigenvalue weighted by atomic mass is 31.2. The second-order valence-electron chi connectivity index (χ2n) is 28.7. The zero-order valence-electron chi connectivity index (χ0n) is 64.8. The van der Waals surface area contributed by atoms with Crippen LogP contribution in [-0.2, 0) is 65.4 Å². The summed E-state index contributed by atoms with van der Waals surface area (Å²) in [6.07, 6.45) is 67.3. The van der Waals surface area contributed by atoms with E-state index in [-0.39, 0.29) is 25.7 Å². The number of carbonyl (C=O) groups is 4. The molecule has 19 heteroatoms. The number of phosphoric acid groups is 2. The van der Waals surface area contributed by atoms with Gasteiger partial charge in [-0.05, 0) is 57.3 Å². The van der Waals surface area contributed by atoms with Crippen LogP contribution in [0.5, 0.6) is 0 Å². The summed E-state index contributed by atoms with van der Waals surface area (Å²) in [4.78, 5) is 72.9. The normalized spacial score (nSPS) is 14.3. The molecule has 3 unspecified atom stereocenters. The van der Waals surface area contributed by atoms with Crippen LogP contribution < -0.4 is 0 Å². The van der Waals surface area contributed by atoms with E-state index in [9.17, 15) is 43.2 Å². The third-order valence-corrected chi connectivity index (χ3v) is 20.7. The summed E-state index contributed by atoms with van der Waals surface area (Å²) in [7, 11) is -9.93. The Morgan fingerprint density at radius 2 is 0.560 bits per heavy atom. The molecule has 3 N–H and O–H groups in total. The molecule has 0 bridgehead atoms. The van der Waals surface area contributed by atoms with Gasteiger partial charge in [0.05, 0.1) is 26.4 Å². The fourth-order valence-electron chi connectivity index (χ4n) is 12.0. The van der Waals surface area contributed by atoms with Crippen LogP contribution in [0.1, 0.15) is 407 Å². The van der Waals surface area contributed by atoms with Gasteiger partial charge in [0.2, 0.25) is 0 Å². The Morgan fingerprint density at radius 3 is 0.850 bits per heavy atom. The van der Waals surface area contributed by atoms with Crippen LogP contribution in [-0.4, -0.2) is 96.7 Å². The lowest BCUT2D eigenvalue weighted by Gasteiger charge is -2.21. The summed E-state index contributed by atoms with van der Waals surface area (Å²) in [5.41, 5.74) is 0. The van der Waals surface area contributed by atoms with Crippen molar-refractivity contribution in [3.8, 4) is 0 Å². The molecule has 0 aliphatic carbocycles. The van der Waals surface area contributed by atoms with E-state index in [0.29, 0.717) is 25.7 Å². The lowest BCUT2D eigenvalue weighted by Crippen LogP contribution is -2.30. The lowest BCUT2D eigenvalue weighted by atomic mass is 9.99. The Bertz CT molecular complexity index is 2010. The Kier molecular flexibility index (Phi) is 71.6. The molecule has 0 fully saturated rings. The Hall–Kier alpha value is -2.46. The highest BCUT2D eigenvalue weighted by molar-refractivity contribution is 7.47. The monoisotopic (exact) mass is 1460 g/mol. The van der Waals surface area contributed by atoms with Gasteiger partial charge in [-0.25, -0.2) is 9.13 Å². The molecule has 100 heavy (non-hydrogen) atoms. The van der Waals surface area contributed by atoms with Crippen LogP contribution in [0.25, 0.3) is 0 Å². The second kappa shape index (κ2) is 73.4. The predicted octanol–water partition coefficient (Wildman–Crippen LogP) is 24.0. The number of phosphoric ester groups is 2.